The van der Waals surface area contributed by atoms with Crippen LogP contribution < -0.4 is 10.6 Å². The summed E-state index contributed by atoms with van der Waals surface area (Å²) in [7, 11) is 0. The topological polar surface area (TPSA) is 71.3 Å². The van der Waals surface area contributed by atoms with Crippen LogP contribution in [-0.4, -0.2) is 11.8 Å². The zero-order valence-corrected chi connectivity index (χ0v) is 16.4. The van der Waals surface area contributed by atoms with E-state index < -0.39 is 0 Å². The number of halogens is 2. The van der Waals surface area contributed by atoms with Crippen molar-refractivity contribution in [2.24, 2.45) is 0 Å². The van der Waals surface area contributed by atoms with Crippen LogP contribution in [0.4, 0.5) is 11.4 Å². The minimum Gasteiger partial charge on any atom is -0.451 e. The van der Waals surface area contributed by atoms with Gasteiger partial charge in [0.2, 0.25) is 0 Å². The molecule has 0 atom stereocenters. The van der Waals surface area contributed by atoms with Gasteiger partial charge >= 0.3 is 0 Å². The molecule has 1 heterocycles. The fourth-order valence-electron chi connectivity index (χ4n) is 2.76. The molecule has 0 aliphatic heterocycles. The van der Waals surface area contributed by atoms with Gasteiger partial charge in [-0.25, -0.2) is 0 Å². The van der Waals surface area contributed by atoms with E-state index in [0.29, 0.717) is 32.6 Å². The molecule has 0 saturated heterocycles. The Hall–Kier alpha value is -3.28. The van der Waals surface area contributed by atoms with E-state index in [1.54, 1.807) is 48.5 Å². The van der Waals surface area contributed by atoms with E-state index in [1.807, 2.05) is 18.2 Å². The Bertz CT molecular complexity index is 1180. The highest BCUT2D eigenvalue weighted by Crippen LogP contribution is 2.24. The quantitative estimate of drug-likeness (QED) is 0.406. The summed E-state index contributed by atoms with van der Waals surface area (Å²) in [4.78, 5) is 24.7. The number of nitrogens with one attached hydrogen (secondary N) is 2. The van der Waals surface area contributed by atoms with Gasteiger partial charge in [-0.15, -0.1) is 0 Å². The minimum absolute atomic E-state index is 0.225. The molecule has 0 radical (unpaired) electrons. The van der Waals surface area contributed by atoms with Crippen molar-refractivity contribution in [1.29, 1.82) is 0 Å². The Kier molecular flexibility index (Phi) is 5.25. The average molecular weight is 425 g/mol. The maximum absolute atomic E-state index is 12.4. The van der Waals surface area contributed by atoms with Crippen LogP contribution in [0.5, 0.6) is 0 Å². The number of amides is 2. The second-order valence-electron chi connectivity index (χ2n) is 6.26. The van der Waals surface area contributed by atoms with Crippen LogP contribution in [0.1, 0.15) is 20.9 Å². The monoisotopic (exact) mass is 424 g/mol. The molecule has 0 aliphatic carbocycles. The molecule has 2 amide bonds. The van der Waals surface area contributed by atoms with Crippen molar-refractivity contribution in [3.63, 3.8) is 0 Å². The van der Waals surface area contributed by atoms with E-state index in [-0.39, 0.29) is 17.6 Å². The number of fused-ring (bicyclic) bond motifs is 1. The molecule has 0 bridgehead atoms. The summed E-state index contributed by atoms with van der Waals surface area (Å²) in [6, 6.07) is 20.5. The molecule has 2 N–H and O–H groups in total. The van der Waals surface area contributed by atoms with E-state index in [4.69, 9.17) is 27.6 Å². The lowest BCUT2D eigenvalue weighted by atomic mass is 10.2. The average Bonchev–Trinajstić information content (AvgIpc) is 3.16. The molecule has 0 saturated carbocycles. The fourth-order valence-corrected chi connectivity index (χ4v) is 3.06. The van der Waals surface area contributed by atoms with Gasteiger partial charge < -0.3 is 15.1 Å². The molecule has 144 valence electrons. The predicted molar refractivity (Wildman–Crippen MR) is 115 cm³/mol. The van der Waals surface area contributed by atoms with Crippen molar-refractivity contribution in [3.8, 4) is 0 Å². The van der Waals surface area contributed by atoms with Gasteiger partial charge in [-0.2, -0.15) is 0 Å². The third-order valence-electron chi connectivity index (χ3n) is 4.23. The largest absolute Gasteiger partial charge is 0.451 e. The molecule has 3 aromatic carbocycles. The van der Waals surface area contributed by atoms with Crippen molar-refractivity contribution < 1.29 is 14.0 Å². The van der Waals surface area contributed by atoms with E-state index >= 15 is 0 Å². The summed E-state index contributed by atoms with van der Waals surface area (Å²) in [5.41, 5.74) is 2.19. The Labute approximate surface area is 176 Å². The molecule has 4 aromatic rings. The molecular weight excluding hydrogens is 411 g/mol. The molecule has 4 rings (SSSR count). The molecular formula is C22H14Cl2N2O3. The van der Waals surface area contributed by atoms with Crippen molar-refractivity contribution in [1.82, 2.24) is 0 Å². The van der Waals surface area contributed by atoms with Crippen molar-refractivity contribution in [3.05, 3.63) is 94.2 Å². The standard InChI is InChI=1S/C22H14Cl2N2O3/c23-17-10-5-14(11-18(17)24)21(27)25-15-6-8-16(9-7-15)26-22(28)20-12-13-3-1-2-4-19(13)29-20/h1-12H,(H,25,27)(H,26,28). The number of benzene rings is 3. The molecule has 0 spiro atoms. The van der Waals surface area contributed by atoms with Gasteiger partial charge in [-0.05, 0) is 54.6 Å². The third-order valence-corrected chi connectivity index (χ3v) is 4.97. The third kappa shape index (κ3) is 4.26. The lowest BCUT2D eigenvalue weighted by Gasteiger charge is -2.08. The number of hydrogen-bond donors (Lipinski definition) is 2. The number of furan rings is 1. The summed E-state index contributed by atoms with van der Waals surface area (Å²) in [6.45, 7) is 0. The molecule has 7 heteroatoms. The number of rotatable bonds is 4. The van der Waals surface area contributed by atoms with Gasteiger partial charge in [0, 0.05) is 22.3 Å². The van der Waals surface area contributed by atoms with Crippen molar-refractivity contribution in [2.45, 2.75) is 0 Å². The Morgan fingerprint density at radius 3 is 2.03 bits per heavy atom. The Morgan fingerprint density at radius 1 is 0.724 bits per heavy atom. The summed E-state index contributed by atoms with van der Waals surface area (Å²) in [6.07, 6.45) is 0. The van der Waals surface area contributed by atoms with Gasteiger partial charge in [0.15, 0.2) is 5.76 Å². The zero-order chi connectivity index (χ0) is 20.4. The first-order valence-corrected chi connectivity index (χ1v) is 9.41. The molecule has 0 fully saturated rings. The maximum Gasteiger partial charge on any atom is 0.291 e. The van der Waals surface area contributed by atoms with Gasteiger partial charge in [0.1, 0.15) is 5.58 Å². The Balaban J connectivity index is 1.42. The fraction of sp³-hybridized carbons (Fsp3) is 0. The van der Waals surface area contributed by atoms with E-state index in [0.717, 1.165) is 5.39 Å². The van der Waals surface area contributed by atoms with Crippen LogP contribution >= 0.6 is 23.2 Å². The zero-order valence-electron chi connectivity index (χ0n) is 14.9. The van der Waals surface area contributed by atoms with Gasteiger partial charge in [0.05, 0.1) is 10.0 Å². The lowest BCUT2D eigenvalue weighted by molar-refractivity contribution is 0.0996. The second kappa shape index (κ2) is 7.99. The second-order valence-corrected chi connectivity index (χ2v) is 7.08. The van der Waals surface area contributed by atoms with E-state index in [1.165, 1.54) is 6.07 Å². The van der Waals surface area contributed by atoms with Crippen molar-refractivity contribution in [2.75, 3.05) is 10.6 Å². The number of anilines is 2. The van der Waals surface area contributed by atoms with E-state index in [2.05, 4.69) is 10.6 Å². The first-order valence-electron chi connectivity index (χ1n) is 8.66. The lowest BCUT2D eigenvalue weighted by Crippen LogP contribution is -2.13. The normalized spacial score (nSPS) is 10.7. The first kappa shape index (κ1) is 19.1. The summed E-state index contributed by atoms with van der Waals surface area (Å²) in [5, 5.41) is 7.08. The molecule has 5 nitrogen and oxygen atoms in total. The SMILES string of the molecule is O=C(Nc1ccc(NC(=O)c2cc3ccccc3o2)cc1)c1ccc(Cl)c(Cl)c1. The highest BCUT2D eigenvalue weighted by molar-refractivity contribution is 6.42. The van der Waals surface area contributed by atoms with Gasteiger partial charge in [-0.1, -0.05) is 41.4 Å². The number of carbonyl (C=O) groups excluding carboxylic acids is 2. The van der Waals surface area contributed by atoms with Crippen LogP contribution in [0.25, 0.3) is 11.0 Å². The molecule has 1 aromatic heterocycles. The van der Waals surface area contributed by atoms with E-state index in [9.17, 15) is 9.59 Å². The molecule has 29 heavy (non-hydrogen) atoms. The summed E-state index contributed by atoms with van der Waals surface area (Å²) >= 11 is 11.8. The number of hydrogen-bond acceptors (Lipinski definition) is 3. The highest BCUT2D eigenvalue weighted by atomic mass is 35.5. The molecule has 0 unspecified atom stereocenters. The van der Waals surface area contributed by atoms with Crippen LogP contribution in [0, 0.1) is 0 Å². The van der Waals surface area contributed by atoms with Crippen LogP contribution in [0.2, 0.25) is 10.0 Å². The van der Waals surface area contributed by atoms with Crippen LogP contribution in [0.3, 0.4) is 0 Å². The minimum atomic E-state index is -0.353. The Morgan fingerprint density at radius 2 is 1.38 bits per heavy atom. The predicted octanol–water partition coefficient (Wildman–Crippen LogP) is 6.24. The number of carbonyl (C=O) groups is 2. The maximum atomic E-state index is 12.4. The number of para-hydroxylation sites is 1. The highest BCUT2D eigenvalue weighted by Gasteiger charge is 2.13. The molecule has 0 aliphatic rings. The van der Waals surface area contributed by atoms with Crippen LogP contribution in [-0.2, 0) is 0 Å². The summed E-state index contributed by atoms with van der Waals surface area (Å²) < 4.78 is 5.56. The van der Waals surface area contributed by atoms with Crippen molar-refractivity contribution >= 4 is 57.4 Å². The van der Waals surface area contributed by atoms with Gasteiger partial charge in [-0.3, -0.25) is 9.59 Å². The van der Waals surface area contributed by atoms with Gasteiger partial charge in [0.25, 0.3) is 11.8 Å². The van der Waals surface area contributed by atoms with Crippen LogP contribution in [0.15, 0.2) is 77.2 Å². The summed E-state index contributed by atoms with van der Waals surface area (Å²) in [5.74, 6) is -0.445. The first-order chi connectivity index (χ1) is 14.0. The smallest absolute Gasteiger partial charge is 0.291 e.